The zero-order valence-electron chi connectivity index (χ0n) is 15.0. The molecule has 132 valence electrons. The number of carbonyl (C=O) groups is 1. The maximum Gasteiger partial charge on any atom is 0.374 e. The van der Waals surface area contributed by atoms with Gasteiger partial charge in [0, 0.05) is 0 Å². The van der Waals surface area contributed by atoms with Crippen molar-refractivity contribution in [1.29, 1.82) is 0 Å². The van der Waals surface area contributed by atoms with Crippen molar-refractivity contribution in [3.63, 3.8) is 0 Å². The first-order valence-corrected chi connectivity index (χ1v) is 9.14. The molecule has 0 unspecified atom stereocenters. The van der Waals surface area contributed by atoms with E-state index in [-0.39, 0.29) is 5.97 Å². The number of likely N-dealkylation sites (tertiary alicyclic amines) is 1. The highest BCUT2D eigenvalue weighted by Gasteiger charge is 2.29. The SMILES string of the molecule is COC(=O)c1c(C)[nH]c2n1c1ccccc1[n+]2CC[NH+]1CCCCC1. The number of aromatic nitrogens is 3. The number of aryl methyl sites for hydroxylation is 1. The van der Waals surface area contributed by atoms with E-state index in [2.05, 4.69) is 27.8 Å². The highest BCUT2D eigenvalue weighted by molar-refractivity contribution is 5.92. The van der Waals surface area contributed by atoms with Crippen molar-refractivity contribution >= 4 is 22.8 Å². The molecule has 2 N–H and O–H groups in total. The van der Waals surface area contributed by atoms with Crippen molar-refractivity contribution < 1.29 is 19.0 Å². The predicted octanol–water partition coefficient (Wildman–Crippen LogP) is 0.872. The molecule has 0 radical (unpaired) electrons. The molecule has 1 saturated heterocycles. The quantitative estimate of drug-likeness (QED) is 0.546. The summed E-state index contributed by atoms with van der Waals surface area (Å²) in [5, 5.41) is 0. The first-order chi connectivity index (χ1) is 12.2. The van der Waals surface area contributed by atoms with E-state index < -0.39 is 0 Å². The van der Waals surface area contributed by atoms with Gasteiger partial charge in [-0.2, -0.15) is 4.40 Å². The third kappa shape index (κ3) is 2.70. The number of methoxy groups -OCH3 is 1. The largest absolute Gasteiger partial charge is 0.463 e. The molecular formula is C19H26N4O2+2. The van der Waals surface area contributed by atoms with Gasteiger partial charge in [0.25, 0.3) is 0 Å². The zero-order valence-corrected chi connectivity index (χ0v) is 15.0. The average molecular weight is 342 g/mol. The van der Waals surface area contributed by atoms with Gasteiger partial charge in [-0.05, 0) is 38.3 Å². The Hall–Kier alpha value is -2.34. The summed E-state index contributed by atoms with van der Waals surface area (Å²) in [4.78, 5) is 17.4. The van der Waals surface area contributed by atoms with Gasteiger partial charge in [0.2, 0.25) is 5.69 Å². The molecule has 0 saturated carbocycles. The van der Waals surface area contributed by atoms with Crippen LogP contribution in [-0.2, 0) is 11.3 Å². The van der Waals surface area contributed by atoms with Gasteiger partial charge < -0.3 is 9.64 Å². The van der Waals surface area contributed by atoms with Crippen LogP contribution in [0.25, 0.3) is 16.8 Å². The summed E-state index contributed by atoms with van der Waals surface area (Å²) in [6.45, 7) is 6.51. The summed E-state index contributed by atoms with van der Waals surface area (Å²) >= 11 is 0. The fourth-order valence-corrected chi connectivity index (χ4v) is 4.11. The van der Waals surface area contributed by atoms with E-state index in [9.17, 15) is 4.79 Å². The molecule has 6 nitrogen and oxygen atoms in total. The van der Waals surface area contributed by atoms with Crippen LogP contribution in [0.1, 0.15) is 35.4 Å². The van der Waals surface area contributed by atoms with Crippen molar-refractivity contribution in [2.75, 3.05) is 26.7 Å². The molecule has 0 atom stereocenters. The number of benzene rings is 1. The van der Waals surface area contributed by atoms with Crippen LogP contribution in [0.15, 0.2) is 24.3 Å². The van der Waals surface area contributed by atoms with Gasteiger partial charge in [0.1, 0.15) is 29.8 Å². The number of esters is 1. The molecule has 0 spiro atoms. The monoisotopic (exact) mass is 342 g/mol. The summed E-state index contributed by atoms with van der Waals surface area (Å²) in [5.41, 5.74) is 3.61. The first kappa shape index (κ1) is 16.1. The molecule has 3 aromatic rings. The number of hydrogen-bond acceptors (Lipinski definition) is 2. The van der Waals surface area contributed by atoms with Crippen molar-refractivity contribution in [3.8, 4) is 0 Å². The Morgan fingerprint density at radius 1 is 1.28 bits per heavy atom. The van der Waals surface area contributed by atoms with Crippen LogP contribution in [0.4, 0.5) is 0 Å². The van der Waals surface area contributed by atoms with Gasteiger partial charge in [0.15, 0.2) is 0 Å². The minimum atomic E-state index is -0.307. The Morgan fingerprint density at radius 2 is 2.04 bits per heavy atom. The second-order valence-corrected chi connectivity index (χ2v) is 6.95. The van der Waals surface area contributed by atoms with Gasteiger partial charge in [-0.3, -0.25) is 0 Å². The fraction of sp³-hybridized carbons (Fsp3) is 0.474. The zero-order chi connectivity index (χ0) is 17.4. The molecule has 1 aliphatic heterocycles. The van der Waals surface area contributed by atoms with Crippen LogP contribution < -0.4 is 9.47 Å². The summed E-state index contributed by atoms with van der Waals surface area (Å²) in [6.07, 6.45) is 4.04. The maximum atomic E-state index is 12.3. The Morgan fingerprint density at radius 3 is 2.80 bits per heavy atom. The minimum Gasteiger partial charge on any atom is -0.463 e. The Balaban J connectivity index is 1.80. The Bertz CT molecular complexity index is 918. The molecule has 4 rings (SSSR count). The lowest BCUT2D eigenvalue weighted by atomic mass is 10.1. The van der Waals surface area contributed by atoms with Crippen LogP contribution in [0.2, 0.25) is 0 Å². The average Bonchev–Trinajstić information content (AvgIpc) is 3.13. The summed E-state index contributed by atoms with van der Waals surface area (Å²) in [7, 11) is 1.43. The van der Waals surface area contributed by atoms with Crippen molar-refractivity contribution in [1.82, 2.24) is 9.38 Å². The second kappa shape index (κ2) is 6.52. The number of rotatable bonds is 4. The lowest BCUT2D eigenvalue weighted by Gasteiger charge is -2.22. The maximum absolute atomic E-state index is 12.3. The highest BCUT2D eigenvalue weighted by Crippen LogP contribution is 2.20. The molecule has 0 amide bonds. The lowest BCUT2D eigenvalue weighted by molar-refractivity contribution is -0.920. The van der Waals surface area contributed by atoms with E-state index in [1.807, 2.05) is 17.4 Å². The summed E-state index contributed by atoms with van der Waals surface area (Å²) in [5.74, 6) is 0.647. The lowest BCUT2D eigenvalue weighted by Crippen LogP contribution is -3.13. The fourth-order valence-electron chi connectivity index (χ4n) is 4.11. The molecule has 2 aromatic heterocycles. The number of para-hydroxylation sites is 2. The minimum absolute atomic E-state index is 0.307. The van der Waals surface area contributed by atoms with Crippen molar-refractivity contribution in [3.05, 3.63) is 35.7 Å². The van der Waals surface area contributed by atoms with E-state index in [0.29, 0.717) is 5.69 Å². The first-order valence-electron chi connectivity index (χ1n) is 9.14. The topological polar surface area (TPSA) is 54.8 Å². The van der Waals surface area contributed by atoms with Crippen LogP contribution in [0.3, 0.4) is 0 Å². The van der Waals surface area contributed by atoms with E-state index >= 15 is 0 Å². The molecule has 25 heavy (non-hydrogen) atoms. The third-order valence-electron chi connectivity index (χ3n) is 5.39. The van der Waals surface area contributed by atoms with Crippen LogP contribution >= 0.6 is 0 Å². The number of piperidine rings is 1. The van der Waals surface area contributed by atoms with Crippen LogP contribution in [0, 0.1) is 6.92 Å². The normalized spacial score (nSPS) is 15.9. The number of nitrogens with zero attached hydrogens (tertiary/aromatic N) is 2. The smallest absolute Gasteiger partial charge is 0.374 e. The second-order valence-electron chi connectivity index (χ2n) is 6.95. The third-order valence-corrected chi connectivity index (χ3v) is 5.39. The van der Waals surface area contributed by atoms with E-state index in [1.54, 1.807) is 4.90 Å². The number of imidazole rings is 2. The van der Waals surface area contributed by atoms with Gasteiger partial charge in [0.05, 0.1) is 20.2 Å². The van der Waals surface area contributed by atoms with Crippen LogP contribution in [0.5, 0.6) is 0 Å². The molecule has 0 bridgehead atoms. The molecular weight excluding hydrogens is 316 g/mol. The summed E-state index contributed by atoms with van der Waals surface area (Å²) < 4.78 is 9.31. The number of aromatic amines is 1. The number of hydrogen-bond donors (Lipinski definition) is 2. The van der Waals surface area contributed by atoms with Crippen molar-refractivity contribution in [2.24, 2.45) is 0 Å². The molecule has 3 heterocycles. The number of carbonyl (C=O) groups excluding carboxylic acids is 1. The Kier molecular flexibility index (Phi) is 4.21. The standard InChI is InChI=1S/C19H24N4O2/c1-14-17(18(24)25-2)23-16-9-5-4-8-15(16)22(19(23)20-14)13-12-21-10-6-3-7-11-21/h4-5,8-9H,3,6-7,10-13H2,1-2H3/p+2. The predicted molar refractivity (Wildman–Crippen MR) is 94.9 cm³/mol. The molecule has 1 aliphatic rings. The number of nitrogens with one attached hydrogen (secondary N) is 2. The van der Waals surface area contributed by atoms with Gasteiger partial charge in [-0.25, -0.2) is 14.3 Å². The van der Waals surface area contributed by atoms with Gasteiger partial charge >= 0.3 is 11.7 Å². The van der Waals surface area contributed by atoms with Gasteiger partial charge in [-0.1, -0.05) is 12.1 Å². The van der Waals surface area contributed by atoms with Crippen molar-refractivity contribution in [2.45, 2.75) is 32.7 Å². The molecule has 1 aromatic carbocycles. The van der Waals surface area contributed by atoms with E-state index in [4.69, 9.17) is 4.74 Å². The Labute approximate surface area is 147 Å². The van der Waals surface area contributed by atoms with E-state index in [1.165, 1.54) is 39.5 Å². The van der Waals surface area contributed by atoms with Crippen LogP contribution in [-0.4, -0.2) is 42.1 Å². The van der Waals surface area contributed by atoms with Gasteiger partial charge in [-0.15, -0.1) is 0 Å². The molecule has 0 aliphatic carbocycles. The summed E-state index contributed by atoms with van der Waals surface area (Å²) in [6, 6.07) is 8.25. The molecule has 1 fully saturated rings. The van der Waals surface area contributed by atoms with E-state index in [0.717, 1.165) is 35.6 Å². The number of H-pyrrole nitrogens is 1. The molecule has 6 heteroatoms. The number of ether oxygens (including phenoxy) is 1. The number of quaternary nitrogens is 1. The number of fused-ring (bicyclic) bond motifs is 3. The highest BCUT2D eigenvalue weighted by atomic mass is 16.5.